The topological polar surface area (TPSA) is 135 Å². The molecule has 92 valence electrons. The monoisotopic (exact) mass is 243 g/mol. The molecule has 1 aromatic rings. The summed E-state index contributed by atoms with van der Waals surface area (Å²) in [5.41, 5.74) is -2.62. The average molecular weight is 243 g/mol. The van der Waals surface area contributed by atoms with Crippen LogP contribution in [-0.4, -0.2) is 25.6 Å². The average Bonchev–Trinajstić information content (AvgIpc) is 2.20. The van der Waals surface area contributed by atoms with E-state index in [9.17, 15) is 24.5 Å². The molecule has 9 heteroatoms. The molecule has 0 aliphatic heterocycles. The van der Waals surface area contributed by atoms with E-state index < -0.39 is 27.8 Å². The number of carbonyl (C=O) groups is 1. The number of carboxylic acids is 1. The Labute approximate surface area is 93.5 Å². The van der Waals surface area contributed by atoms with Crippen molar-refractivity contribution in [2.75, 3.05) is 0 Å². The molecule has 0 bridgehead atoms. The first-order chi connectivity index (χ1) is 7.91. The fourth-order valence-electron chi connectivity index (χ4n) is 1.19. The second-order valence-electron chi connectivity index (χ2n) is 3.22. The number of aryl methyl sites for hydroxylation is 1. The molecule has 0 radical (unpaired) electrons. The van der Waals surface area contributed by atoms with Crippen molar-refractivity contribution in [3.05, 3.63) is 37.1 Å². The van der Waals surface area contributed by atoms with Gasteiger partial charge in [-0.1, -0.05) is 0 Å². The number of hydrogen-bond donors (Lipinski definition) is 2. The summed E-state index contributed by atoms with van der Waals surface area (Å²) in [7, 11) is 0. The largest absolute Gasteiger partial charge is 0.481 e. The number of hydrogen-bond acceptors (Lipinski definition) is 5. The Kier molecular flexibility index (Phi) is 3.75. The van der Waals surface area contributed by atoms with Crippen molar-refractivity contribution in [3.63, 3.8) is 0 Å². The van der Waals surface area contributed by atoms with Crippen molar-refractivity contribution < 1.29 is 14.8 Å². The molecule has 1 heterocycles. The number of aromatic nitrogens is 2. The highest BCUT2D eigenvalue weighted by Crippen LogP contribution is 2.00. The van der Waals surface area contributed by atoms with Crippen LogP contribution in [0.1, 0.15) is 12.8 Å². The van der Waals surface area contributed by atoms with E-state index >= 15 is 0 Å². The molecule has 17 heavy (non-hydrogen) atoms. The third-order valence-electron chi connectivity index (χ3n) is 1.98. The van der Waals surface area contributed by atoms with Crippen LogP contribution in [0.4, 0.5) is 5.69 Å². The van der Waals surface area contributed by atoms with Gasteiger partial charge in [-0.3, -0.25) is 29.3 Å². The first-order valence-corrected chi connectivity index (χ1v) is 4.61. The van der Waals surface area contributed by atoms with Crippen LogP contribution in [0, 0.1) is 10.1 Å². The maximum atomic E-state index is 11.2. The number of nitro groups is 1. The molecule has 0 aromatic carbocycles. The summed E-state index contributed by atoms with van der Waals surface area (Å²) in [5, 5.41) is 18.8. The number of carboxylic acid groups (broad SMARTS) is 1. The molecule has 2 N–H and O–H groups in total. The molecule has 9 nitrogen and oxygen atoms in total. The Bertz CT molecular complexity index is 557. The molecule has 1 aromatic heterocycles. The van der Waals surface area contributed by atoms with Crippen molar-refractivity contribution in [2.24, 2.45) is 0 Å². The van der Waals surface area contributed by atoms with Crippen LogP contribution < -0.4 is 11.2 Å². The van der Waals surface area contributed by atoms with Crippen LogP contribution in [0.15, 0.2) is 15.8 Å². The molecular weight excluding hydrogens is 234 g/mol. The van der Waals surface area contributed by atoms with Gasteiger partial charge in [-0.15, -0.1) is 0 Å². The van der Waals surface area contributed by atoms with Crippen LogP contribution in [0.25, 0.3) is 0 Å². The fraction of sp³-hybridized carbons (Fsp3) is 0.375. The lowest BCUT2D eigenvalue weighted by atomic mass is 10.3. The summed E-state index contributed by atoms with van der Waals surface area (Å²) in [6.45, 7) is -0.0112. The molecule has 0 atom stereocenters. The van der Waals surface area contributed by atoms with Gasteiger partial charge < -0.3 is 5.11 Å². The van der Waals surface area contributed by atoms with Crippen LogP contribution in [-0.2, 0) is 11.3 Å². The Hall–Kier alpha value is -2.45. The molecule has 0 unspecified atom stereocenters. The molecule has 0 saturated carbocycles. The zero-order valence-electron chi connectivity index (χ0n) is 8.58. The maximum absolute atomic E-state index is 11.2. The van der Waals surface area contributed by atoms with E-state index in [-0.39, 0.29) is 19.4 Å². The van der Waals surface area contributed by atoms with E-state index in [1.165, 1.54) is 0 Å². The van der Waals surface area contributed by atoms with E-state index in [2.05, 4.69) is 0 Å². The first-order valence-electron chi connectivity index (χ1n) is 4.61. The fourth-order valence-corrected chi connectivity index (χ4v) is 1.19. The lowest BCUT2D eigenvalue weighted by Gasteiger charge is -2.02. The molecule has 0 spiro atoms. The van der Waals surface area contributed by atoms with Crippen LogP contribution in [0.2, 0.25) is 0 Å². The van der Waals surface area contributed by atoms with E-state index in [0.29, 0.717) is 0 Å². The van der Waals surface area contributed by atoms with Crippen molar-refractivity contribution in [3.8, 4) is 0 Å². The van der Waals surface area contributed by atoms with Gasteiger partial charge >= 0.3 is 22.9 Å². The van der Waals surface area contributed by atoms with E-state index in [1.807, 2.05) is 0 Å². The van der Waals surface area contributed by atoms with Gasteiger partial charge in [-0.2, -0.15) is 0 Å². The Morgan fingerprint density at radius 1 is 1.53 bits per heavy atom. The van der Waals surface area contributed by atoms with Gasteiger partial charge in [0.25, 0.3) is 0 Å². The number of nitrogens with one attached hydrogen (secondary N) is 1. The number of H-pyrrole nitrogens is 1. The summed E-state index contributed by atoms with van der Waals surface area (Å²) in [6, 6.07) is 0. The van der Waals surface area contributed by atoms with Crippen molar-refractivity contribution in [2.45, 2.75) is 19.4 Å². The summed E-state index contributed by atoms with van der Waals surface area (Å²) in [5.74, 6) is -1.03. The van der Waals surface area contributed by atoms with Gasteiger partial charge in [-0.05, 0) is 6.42 Å². The van der Waals surface area contributed by atoms with Gasteiger partial charge in [0.2, 0.25) is 0 Å². The third-order valence-corrected chi connectivity index (χ3v) is 1.98. The predicted octanol–water partition coefficient (Wildman–Crippen LogP) is -0.690. The molecule has 0 amide bonds. The molecular formula is C8H9N3O6. The summed E-state index contributed by atoms with van der Waals surface area (Å²) >= 11 is 0. The third kappa shape index (κ3) is 3.26. The number of nitrogens with zero attached hydrogens (tertiary/aromatic N) is 2. The number of aliphatic carboxylic acids is 1. The summed E-state index contributed by atoms with van der Waals surface area (Å²) in [4.78, 5) is 43.8. The van der Waals surface area contributed by atoms with Gasteiger partial charge in [0.1, 0.15) is 0 Å². The Morgan fingerprint density at radius 3 is 2.71 bits per heavy atom. The number of rotatable bonds is 5. The summed E-state index contributed by atoms with van der Waals surface area (Å²) in [6.07, 6.45) is 0.779. The van der Waals surface area contributed by atoms with E-state index in [0.717, 1.165) is 10.8 Å². The van der Waals surface area contributed by atoms with Gasteiger partial charge in [0, 0.05) is 13.0 Å². The quantitative estimate of drug-likeness (QED) is 0.519. The standard InChI is InChI=1S/C8H9N3O6/c12-6(13)2-1-3-10-4-5(11(16)17)7(14)9-8(10)15/h4H,1-3H2,(H,12,13)(H,9,14,15). The van der Waals surface area contributed by atoms with Gasteiger partial charge in [-0.25, -0.2) is 4.79 Å². The van der Waals surface area contributed by atoms with Gasteiger partial charge in [0.05, 0.1) is 11.1 Å². The highest BCUT2D eigenvalue weighted by Gasteiger charge is 2.14. The first kappa shape index (κ1) is 12.6. The Morgan fingerprint density at radius 2 is 2.18 bits per heavy atom. The highest BCUT2D eigenvalue weighted by atomic mass is 16.6. The van der Waals surface area contributed by atoms with Crippen LogP contribution in [0.3, 0.4) is 0 Å². The molecule has 0 fully saturated rings. The van der Waals surface area contributed by atoms with E-state index in [1.54, 1.807) is 4.98 Å². The molecule has 0 saturated heterocycles. The van der Waals surface area contributed by atoms with Crippen molar-refractivity contribution in [1.82, 2.24) is 9.55 Å². The minimum Gasteiger partial charge on any atom is -0.481 e. The molecule has 0 aliphatic rings. The summed E-state index contributed by atoms with van der Waals surface area (Å²) < 4.78 is 0.905. The van der Waals surface area contributed by atoms with E-state index in [4.69, 9.17) is 5.11 Å². The SMILES string of the molecule is O=C(O)CCCn1cc([N+](=O)[O-])c(=O)[nH]c1=O. The minimum atomic E-state index is -1.07. The highest BCUT2D eigenvalue weighted by molar-refractivity contribution is 5.66. The second-order valence-corrected chi connectivity index (χ2v) is 3.22. The maximum Gasteiger partial charge on any atom is 0.350 e. The van der Waals surface area contributed by atoms with Gasteiger partial charge in [0.15, 0.2) is 0 Å². The predicted molar refractivity (Wildman–Crippen MR) is 54.8 cm³/mol. The number of aromatic amines is 1. The van der Waals surface area contributed by atoms with Crippen molar-refractivity contribution >= 4 is 11.7 Å². The molecule has 1 rings (SSSR count). The lowest BCUT2D eigenvalue weighted by molar-refractivity contribution is -0.386. The Balaban J connectivity index is 2.96. The second kappa shape index (κ2) is 5.05. The zero-order chi connectivity index (χ0) is 13.0. The normalized spacial score (nSPS) is 10.1. The van der Waals surface area contributed by atoms with Crippen LogP contribution in [0.5, 0.6) is 0 Å². The smallest absolute Gasteiger partial charge is 0.350 e. The lowest BCUT2D eigenvalue weighted by Crippen LogP contribution is -2.30. The minimum absolute atomic E-state index is 0.0112. The molecule has 0 aliphatic carbocycles. The zero-order valence-corrected chi connectivity index (χ0v) is 8.58. The van der Waals surface area contributed by atoms with Crippen molar-refractivity contribution in [1.29, 1.82) is 0 Å². The van der Waals surface area contributed by atoms with Crippen LogP contribution >= 0.6 is 0 Å².